The van der Waals surface area contributed by atoms with Crippen LogP contribution >= 0.6 is 11.3 Å². The molecule has 0 aromatic carbocycles. The summed E-state index contributed by atoms with van der Waals surface area (Å²) in [5, 5.41) is 8.40. The van der Waals surface area contributed by atoms with Gasteiger partial charge in [0.2, 0.25) is 11.8 Å². The van der Waals surface area contributed by atoms with E-state index in [0.717, 1.165) is 4.88 Å². The summed E-state index contributed by atoms with van der Waals surface area (Å²) >= 11 is 1.67. The fourth-order valence-electron chi connectivity index (χ4n) is 1.63. The van der Waals surface area contributed by atoms with Crippen molar-refractivity contribution in [3.63, 3.8) is 0 Å². The molecular formula is C11H15N3O2S. The van der Waals surface area contributed by atoms with Crippen LogP contribution in [0.4, 0.5) is 0 Å². The zero-order chi connectivity index (χ0) is 12.3. The number of thiophene rings is 1. The summed E-state index contributed by atoms with van der Waals surface area (Å²) in [6.07, 6.45) is 0. The average Bonchev–Trinajstić information content (AvgIpc) is 2.73. The smallest absolute Gasteiger partial charge is 0.239 e. The number of nitrogens with one attached hydrogen (secondary N) is 3. The van der Waals surface area contributed by atoms with Crippen LogP contribution in [-0.2, 0) is 16.1 Å². The maximum absolute atomic E-state index is 11.8. The molecule has 0 radical (unpaired) electrons. The molecule has 1 aromatic heterocycles. The van der Waals surface area contributed by atoms with Crippen molar-refractivity contribution in [2.24, 2.45) is 0 Å². The number of hydrogen-bond donors (Lipinski definition) is 3. The van der Waals surface area contributed by atoms with Gasteiger partial charge in [0.1, 0.15) is 6.04 Å². The maximum atomic E-state index is 11.8. The molecule has 2 rings (SSSR count). The van der Waals surface area contributed by atoms with E-state index in [1.165, 1.54) is 4.88 Å². The van der Waals surface area contributed by atoms with E-state index in [9.17, 15) is 9.59 Å². The first-order valence-electron chi connectivity index (χ1n) is 5.48. The average molecular weight is 253 g/mol. The van der Waals surface area contributed by atoms with Crippen LogP contribution in [0.5, 0.6) is 0 Å². The number of carbonyl (C=O) groups excluding carboxylic acids is 2. The van der Waals surface area contributed by atoms with Gasteiger partial charge >= 0.3 is 0 Å². The van der Waals surface area contributed by atoms with Crippen LogP contribution in [0.3, 0.4) is 0 Å². The Labute approximate surface area is 104 Å². The van der Waals surface area contributed by atoms with Crippen LogP contribution in [0, 0.1) is 6.92 Å². The minimum absolute atomic E-state index is 0.0667. The third-order valence-corrected chi connectivity index (χ3v) is 3.56. The first-order valence-corrected chi connectivity index (χ1v) is 6.30. The zero-order valence-corrected chi connectivity index (χ0v) is 10.4. The molecule has 6 heteroatoms. The molecule has 1 aliphatic heterocycles. The van der Waals surface area contributed by atoms with E-state index in [1.54, 1.807) is 11.3 Å². The van der Waals surface area contributed by atoms with E-state index >= 15 is 0 Å². The molecule has 0 spiro atoms. The standard InChI is InChI=1S/C11H15N3O2S/c1-7-2-3-8(17-7)4-14-11(16)9-5-13-10(15)6-12-9/h2-3,9,12H,4-6H2,1H3,(H,13,15)(H,14,16). The highest BCUT2D eigenvalue weighted by Crippen LogP contribution is 2.14. The quantitative estimate of drug-likeness (QED) is 0.696. The van der Waals surface area contributed by atoms with Gasteiger partial charge in [-0.3, -0.25) is 14.9 Å². The molecule has 2 heterocycles. The molecule has 1 saturated heterocycles. The highest BCUT2D eigenvalue weighted by Gasteiger charge is 2.23. The Balaban J connectivity index is 1.79. The van der Waals surface area contributed by atoms with Crippen molar-refractivity contribution in [1.29, 1.82) is 0 Å². The van der Waals surface area contributed by atoms with Crippen LogP contribution in [0.15, 0.2) is 12.1 Å². The molecule has 17 heavy (non-hydrogen) atoms. The third-order valence-electron chi connectivity index (χ3n) is 2.56. The lowest BCUT2D eigenvalue weighted by atomic mass is 10.2. The molecule has 1 fully saturated rings. The minimum atomic E-state index is -0.325. The molecule has 1 unspecified atom stereocenters. The van der Waals surface area contributed by atoms with E-state index in [-0.39, 0.29) is 24.4 Å². The lowest BCUT2D eigenvalue weighted by Crippen LogP contribution is -2.57. The summed E-state index contributed by atoms with van der Waals surface area (Å²) in [5.74, 6) is -0.140. The van der Waals surface area contributed by atoms with Crippen LogP contribution in [0.25, 0.3) is 0 Å². The molecular weight excluding hydrogens is 238 g/mol. The topological polar surface area (TPSA) is 70.2 Å². The number of amides is 2. The molecule has 1 atom stereocenters. The molecule has 0 saturated carbocycles. The minimum Gasteiger partial charge on any atom is -0.353 e. The predicted octanol–water partition coefficient (Wildman–Crippen LogP) is -0.239. The van der Waals surface area contributed by atoms with Gasteiger partial charge in [-0.1, -0.05) is 0 Å². The maximum Gasteiger partial charge on any atom is 0.239 e. The summed E-state index contributed by atoms with van der Waals surface area (Å²) in [7, 11) is 0. The van der Waals surface area contributed by atoms with Gasteiger partial charge in [0, 0.05) is 16.3 Å². The summed E-state index contributed by atoms with van der Waals surface area (Å²) in [4.78, 5) is 25.0. The van der Waals surface area contributed by atoms with Crippen LogP contribution in [0.2, 0.25) is 0 Å². The Hall–Kier alpha value is -1.40. The van der Waals surface area contributed by atoms with E-state index in [0.29, 0.717) is 13.1 Å². The van der Waals surface area contributed by atoms with E-state index in [2.05, 4.69) is 16.0 Å². The Bertz CT molecular complexity index is 420. The van der Waals surface area contributed by atoms with Gasteiger partial charge in [-0.15, -0.1) is 11.3 Å². The monoisotopic (exact) mass is 253 g/mol. The van der Waals surface area contributed by atoms with Crippen molar-refractivity contribution in [1.82, 2.24) is 16.0 Å². The largest absolute Gasteiger partial charge is 0.353 e. The lowest BCUT2D eigenvalue weighted by Gasteiger charge is -2.22. The first-order chi connectivity index (χ1) is 8.15. The van der Waals surface area contributed by atoms with Crippen molar-refractivity contribution in [2.45, 2.75) is 19.5 Å². The van der Waals surface area contributed by atoms with Gasteiger partial charge in [0.05, 0.1) is 13.1 Å². The van der Waals surface area contributed by atoms with Gasteiger partial charge in [-0.2, -0.15) is 0 Å². The van der Waals surface area contributed by atoms with Gasteiger partial charge in [-0.25, -0.2) is 0 Å². The Kier molecular flexibility index (Phi) is 3.75. The summed E-state index contributed by atoms with van der Waals surface area (Å²) in [6.45, 7) is 3.14. The van der Waals surface area contributed by atoms with Crippen molar-refractivity contribution >= 4 is 23.2 Å². The number of aryl methyl sites for hydroxylation is 1. The second-order valence-corrected chi connectivity index (χ2v) is 5.34. The second-order valence-electron chi connectivity index (χ2n) is 3.97. The fraction of sp³-hybridized carbons (Fsp3) is 0.455. The highest BCUT2D eigenvalue weighted by molar-refractivity contribution is 7.11. The number of piperazine rings is 1. The molecule has 1 aliphatic rings. The van der Waals surface area contributed by atoms with Crippen LogP contribution < -0.4 is 16.0 Å². The lowest BCUT2D eigenvalue weighted by molar-refractivity contribution is -0.126. The van der Waals surface area contributed by atoms with Crippen molar-refractivity contribution in [2.75, 3.05) is 13.1 Å². The molecule has 0 bridgehead atoms. The van der Waals surface area contributed by atoms with Gasteiger partial charge in [0.15, 0.2) is 0 Å². The van der Waals surface area contributed by atoms with Crippen molar-refractivity contribution < 1.29 is 9.59 Å². The third kappa shape index (κ3) is 3.28. The Morgan fingerprint density at radius 3 is 3.00 bits per heavy atom. The number of hydrogen-bond acceptors (Lipinski definition) is 4. The summed E-state index contributed by atoms with van der Waals surface area (Å²) in [5.41, 5.74) is 0. The number of rotatable bonds is 3. The van der Waals surface area contributed by atoms with E-state index < -0.39 is 0 Å². The SMILES string of the molecule is Cc1ccc(CNC(=O)C2CNC(=O)CN2)s1. The molecule has 3 N–H and O–H groups in total. The molecule has 2 amide bonds. The summed E-state index contributed by atoms with van der Waals surface area (Å²) < 4.78 is 0. The Morgan fingerprint density at radius 1 is 1.59 bits per heavy atom. The van der Waals surface area contributed by atoms with Gasteiger partial charge in [0.25, 0.3) is 0 Å². The molecule has 1 aromatic rings. The van der Waals surface area contributed by atoms with Crippen molar-refractivity contribution in [3.8, 4) is 0 Å². The van der Waals surface area contributed by atoms with Crippen LogP contribution in [-0.4, -0.2) is 30.9 Å². The molecule has 0 aliphatic carbocycles. The second kappa shape index (κ2) is 5.29. The molecule has 92 valence electrons. The van der Waals surface area contributed by atoms with Gasteiger partial charge < -0.3 is 10.6 Å². The molecule has 5 nitrogen and oxygen atoms in total. The Morgan fingerprint density at radius 2 is 2.41 bits per heavy atom. The van der Waals surface area contributed by atoms with E-state index in [4.69, 9.17) is 0 Å². The predicted molar refractivity (Wildman–Crippen MR) is 65.7 cm³/mol. The van der Waals surface area contributed by atoms with Crippen molar-refractivity contribution in [3.05, 3.63) is 21.9 Å². The highest BCUT2D eigenvalue weighted by atomic mass is 32.1. The first kappa shape index (κ1) is 12.1. The van der Waals surface area contributed by atoms with Crippen LogP contribution in [0.1, 0.15) is 9.75 Å². The summed E-state index contributed by atoms with van der Waals surface area (Å²) in [6, 6.07) is 3.72. The zero-order valence-electron chi connectivity index (χ0n) is 9.58. The number of carbonyl (C=O) groups is 2. The fourth-order valence-corrected chi connectivity index (χ4v) is 2.46. The van der Waals surface area contributed by atoms with Gasteiger partial charge in [-0.05, 0) is 19.1 Å². The van der Waals surface area contributed by atoms with E-state index in [1.807, 2.05) is 19.1 Å². The normalized spacial score (nSPS) is 19.8.